The van der Waals surface area contributed by atoms with Crippen LogP contribution in [0.25, 0.3) is 12.2 Å². The Labute approximate surface area is 327 Å². The van der Waals surface area contributed by atoms with Crippen molar-refractivity contribution in [1.29, 1.82) is 0 Å². The summed E-state index contributed by atoms with van der Waals surface area (Å²) in [4.78, 5) is 5.10. The molecule has 54 heavy (non-hydrogen) atoms. The van der Waals surface area contributed by atoms with Gasteiger partial charge in [0.05, 0.1) is 12.1 Å². The molecule has 2 nitrogen and oxygen atoms in total. The lowest BCUT2D eigenvalue weighted by Crippen LogP contribution is -2.43. The number of benzene rings is 4. The van der Waals surface area contributed by atoms with E-state index in [1.165, 1.54) is 84.0 Å². The molecule has 0 bridgehead atoms. The van der Waals surface area contributed by atoms with E-state index in [2.05, 4.69) is 188 Å². The van der Waals surface area contributed by atoms with Crippen LogP contribution in [0.3, 0.4) is 0 Å². The van der Waals surface area contributed by atoms with E-state index in [9.17, 15) is 0 Å². The normalized spacial score (nSPS) is 17.4. The van der Waals surface area contributed by atoms with E-state index in [1.807, 2.05) is 0 Å². The van der Waals surface area contributed by atoms with Gasteiger partial charge >= 0.3 is 0 Å². The van der Waals surface area contributed by atoms with Crippen LogP contribution in [0, 0.1) is 20.8 Å². The second-order valence-electron chi connectivity index (χ2n) is 15.6. The molecule has 0 aromatic heterocycles. The van der Waals surface area contributed by atoms with Gasteiger partial charge < -0.3 is 9.80 Å². The van der Waals surface area contributed by atoms with Crippen molar-refractivity contribution in [3.8, 4) is 0 Å². The Hall–Kier alpha value is -4.82. The highest BCUT2D eigenvalue weighted by molar-refractivity contribution is 5.79. The molecule has 2 unspecified atom stereocenters. The molecular weight excluding hydrogens is 653 g/mol. The minimum Gasteiger partial charge on any atom is -0.358 e. The third-order valence-electron chi connectivity index (χ3n) is 12.3. The Morgan fingerprint density at radius 3 is 1.72 bits per heavy atom. The van der Waals surface area contributed by atoms with Crippen molar-refractivity contribution >= 4 is 34.9 Å². The molecule has 0 heterocycles. The van der Waals surface area contributed by atoms with Crippen molar-refractivity contribution in [2.24, 2.45) is 0 Å². The summed E-state index contributed by atoms with van der Waals surface area (Å²) < 4.78 is 0. The van der Waals surface area contributed by atoms with Crippen molar-refractivity contribution in [2.45, 2.75) is 120 Å². The van der Waals surface area contributed by atoms with E-state index in [4.69, 9.17) is 0 Å². The molecule has 0 aliphatic heterocycles. The molecule has 4 aromatic rings. The van der Waals surface area contributed by atoms with Crippen molar-refractivity contribution in [3.63, 3.8) is 0 Å². The van der Waals surface area contributed by atoms with E-state index < -0.39 is 0 Å². The molecule has 0 amide bonds. The zero-order valence-corrected chi connectivity index (χ0v) is 34.7. The molecule has 0 saturated carbocycles. The van der Waals surface area contributed by atoms with Gasteiger partial charge in [-0.2, -0.15) is 0 Å². The molecule has 0 saturated heterocycles. The second-order valence-corrected chi connectivity index (χ2v) is 15.6. The minimum absolute atomic E-state index is 0.343. The van der Waals surface area contributed by atoms with Crippen LogP contribution in [0.4, 0.5) is 22.7 Å². The summed E-state index contributed by atoms with van der Waals surface area (Å²) in [7, 11) is 0. The molecule has 2 heteroatoms. The van der Waals surface area contributed by atoms with Crippen LogP contribution in [0.15, 0.2) is 125 Å². The first-order valence-electron chi connectivity index (χ1n) is 20.5. The van der Waals surface area contributed by atoms with Crippen LogP contribution in [0.2, 0.25) is 0 Å². The van der Waals surface area contributed by atoms with Crippen LogP contribution >= 0.6 is 0 Å². The highest BCUT2D eigenvalue weighted by Gasteiger charge is 2.29. The second kappa shape index (κ2) is 17.1. The van der Waals surface area contributed by atoms with E-state index in [-0.39, 0.29) is 0 Å². The van der Waals surface area contributed by atoms with Crippen molar-refractivity contribution in [3.05, 3.63) is 164 Å². The molecule has 2 aliphatic carbocycles. The third-order valence-corrected chi connectivity index (χ3v) is 12.3. The fraction of sp³-hybridized carbons (Fsp3) is 0.346. The number of allylic oxidation sites excluding steroid dienone is 4. The quantitative estimate of drug-likeness (QED) is 0.135. The van der Waals surface area contributed by atoms with Gasteiger partial charge in [0, 0.05) is 22.7 Å². The molecule has 6 rings (SSSR count). The number of hydrogen-bond donors (Lipinski definition) is 0. The lowest BCUT2D eigenvalue weighted by molar-refractivity contribution is 0.584. The maximum absolute atomic E-state index is 2.69. The molecule has 2 atom stereocenters. The molecule has 4 aromatic carbocycles. The summed E-state index contributed by atoms with van der Waals surface area (Å²) in [5, 5.41) is 0. The van der Waals surface area contributed by atoms with Crippen LogP contribution in [0.5, 0.6) is 0 Å². The van der Waals surface area contributed by atoms with Crippen molar-refractivity contribution in [1.82, 2.24) is 0 Å². The summed E-state index contributed by atoms with van der Waals surface area (Å²) in [5.74, 6) is 0. The number of rotatable bonds is 12. The Bertz CT molecular complexity index is 2090. The zero-order valence-electron chi connectivity index (χ0n) is 34.7. The van der Waals surface area contributed by atoms with Gasteiger partial charge in [-0.1, -0.05) is 105 Å². The SMILES string of the molecule is CCC1=C(CC)CC(N(c2ccc(/C=C/c3ccc(N(c4cc(C)c(C)c(C)c4)c4ccc(CC)c(CC)c4)cc3)cc2)C2C=C(C)C(C)=C(C)C2)C=C1. The standard InChI is InChI=1S/C52H62N2/c1-11-43-21-27-49(33-45(43)13-3)53(51-29-35(5)39(9)36(6)30-51)47-23-17-41(18-24-47)15-16-42-19-25-48(26-20-42)54(52-31-37(7)40(10)38(8)32-52)50-28-22-44(12-2)46(14-4)34-50/h15-31,33,50,52H,11-14,32,34H2,1-10H3/b16-15+. The fourth-order valence-corrected chi connectivity index (χ4v) is 8.51. The Kier molecular flexibility index (Phi) is 12.3. The van der Waals surface area contributed by atoms with E-state index in [0.717, 1.165) is 38.5 Å². The smallest absolute Gasteiger partial charge is 0.0522 e. The van der Waals surface area contributed by atoms with Crippen LogP contribution in [0.1, 0.15) is 113 Å². The lowest BCUT2D eigenvalue weighted by Gasteiger charge is -2.41. The van der Waals surface area contributed by atoms with Gasteiger partial charge in [0.1, 0.15) is 0 Å². The molecule has 2 aliphatic rings. The monoisotopic (exact) mass is 714 g/mol. The first-order valence-corrected chi connectivity index (χ1v) is 20.5. The number of anilines is 4. The van der Waals surface area contributed by atoms with Gasteiger partial charge in [-0.05, 0) is 179 Å². The molecule has 0 fully saturated rings. The minimum atomic E-state index is 0.343. The molecule has 0 radical (unpaired) electrons. The van der Waals surface area contributed by atoms with Gasteiger partial charge in [-0.3, -0.25) is 0 Å². The predicted octanol–water partition coefficient (Wildman–Crippen LogP) is 14.7. The van der Waals surface area contributed by atoms with Crippen molar-refractivity contribution < 1.29 is 0 Å². The Balaban J connectivity index is 1.27. The number of aryl methyl sites for hydroxylation is 4. The lowest BCUT2D eigenvalue weighted by atomic mass is 9.86. The first kappa shape index (κ1) is 38.9. The van der Waals surface area contributed by atoms with Gasteiger partial charge in [-0.15, -0.1) is 0 Å². The van der Waals surface area contributed by atoms with Gasteiger partial charge in [-0.25, -0.2) is 0 Å². The fourth-order valence-electron chi connectivity index (χ4n) is 8.51. The maximum atomic E-state index is 2.69. The molecule has 0 N–H and O–H groups in total. The predicted molar refractivity (Wildman–Crippen MR) is 238 cm³/mol. The third kappa shape index (κ3) is 8.29. The zero-order chi connectivity index (χ0) is 38.5. The summed E-state index contributed by atoms with van der Waals surface area (Å²) >= 11 is 0. The molecular formula is C52H62N2. The highest BCUT2D eigenvalue weighted by Crippen LogP contribution is 2.39. The summed E-state index contributed by atoms with van der Waals surface area (Å²) in [5.41, 5.74) is 21.6. The average molecular weight is 715 g/mol. The maximum Gasteiger partial charge on any atom is 0.0522 e. The highest BCUT2D eigenvalue weighted by atomic mass is 15.2. The number of hydrogen-bond acceptors (Lipinski definition) is 2. The average Bonchev–Trinajstić information content (AvgIpc) is 3.19. The largest absolute Gasteiger partial charge is 0.358 e. The van der Waals surface area contributed by atoms with E-state index >= 15 is 0 Å². The Morgan fingerprint density at radius 1 is 0.574 bits per heavy atom. The summed E-state index contributed by atoms with van der Waals surface area (Å²) in [6.07, 6.45) is 18.3. The number of nitrogens with zero attached hydrogens (tertiary/aromatic N) is 2. The van der Waals surface area contributed by atoms with Crippen LogP contribution in [-0.2, 0) is 12.8 Å². The topological polar surface area (TPSA) is 6.48 Å². The van der Waals surface area contributed by atoms with E-state index in [1.54, 1.807) is 5.57 Å². The van der Waals surface area contributed by atoms with Gasteiger partial charge in [0.2, 0.25) is 0 Å². The molecule has 0 spiro atoms. The summed E-state index contributed by atoms with van der Waals surface area (Å²) in [6.45, 7) is 22.6. The van der Waals surface area contributed by atoms with Crippen LogP contribution < -0.4 is 9.80 Å². The van der Waals surface area contributed by atoms with E-state index in [0.29, 0.717) is 12.1 Å². The van der Waals surface area contributed by atoms with Gasteiger partial charge in [0.25, 0.3) is 0 Å². The Morgan fingerprint density at radius 2 is 1.17 bits per heavy atom. The summed E-state index contributed by atoms with van der Waals surface area (Å²) in [6, 6.07) is 30.6. The first-order chi connectivity index (χ1) is 26.0. The molecule has 280 valence electrons. The van der Waals surface area contributed by atoms with Crippen LogP contribution in [-0.4, -0.2) is 12.1 Å². The van der Waals surface area contributed by atoms with Gasteiger partial charge in [0.15, 0.2) is 0 Å². The van der Waals surface area contributed by atoms with Crippen molar-refractivity contribution in [2.75, 3.05) is 9.80 Å².